The summed E-state index contributed by atoms with van der Waals surface area (Å²) < 4.78 is 5.11. The van der Waals surface area contributed by atoms with Crippen LogP contribution in [0, 0.1) is 13.8 Å². The molecule has 7 nitrogen and oxygen atoms in total. The molecular formula is C20H25N5O2. The molecule has 1 fully saturated rings. The molecule has 2 aromatic heterocycles. The van der Waals surface area contributed by atoms with E-state index in [1.54, 1.807) is 7.11 Å². The number of aromatic amines is 2. The maximum absolute atomic E-state index is 13.3. The summed E-state index contributed by atoms with van der Waals surface area (Å²) in [6, 6.07) is 5.79. The van der Waals surface area contributed by atoms with Crippen LogP contribution in [0.5, 0.6) is 0 Å². The summed E-state index contributed by atoms with van der Waals surface area (Å²) in [6.07, 6.45) is 2.94. The predicted molar refractivity (Wildman–Crippen MR) is 102 cm³/mol. The number of rotatable bonds is 4. The van der Waals surface area contributed by atoms with E-state index in [4.69, 9.17) is 4.74 Å². The zero-order chi connectivity index (χ0) is 19.0. The number of carbonyl (C=O) groups excluding carboxylic acids is 1. The van der Waals surface area contributed by atoms with Gasteiger partial charge in [-0.05, 0) is 56.9 Å². The van der Waals surface area contributed by atoms with Gasteiger partial charge in [0.15, 0.2) is 11.6 Å². The van der Waals surface area contributed by atoms with Crippen LogP contribution in [0.1, 0.15) is 58.6 Å². The summed E-state index contributed by atoms with van der Waals surface area (Å²) in [5.41, 5.74) is 4.10. The number of carbonyl (C=O) groups is 1. The Kier molecular flexibility index (Phi) is 4.70. The normalized spacial score (nSPS) is 17.6. The number of aromatic nitrogens is 4. The monoisotopic (exact) mass is 367 g/mol. The fraction of sp³-hybridized carbons (Fsp3) is 0.450. The van der Waals surface area contributed by atoms with Gasteiger partial charge >= 0.3 is 0 Å². The van der Waals surface area contributed by atoms with Crippen LogP contribution in [0.4, 0.5) is 0 Å². The molecule has 0 bridgehead atoms. The van der Waals surface area contributed by atoms with Crippen LogP contribution in [0.25, 0.3) is 10.9 Å². The highest BCUT2D eigenvalue weighted by atomic mass is 16.5. The maximum atomic E-state index is 13.3. The molecule has 1 unspecified atom stereocenters. The topological polar surface area (TPSA) is 86.9 Å². The standard InChI is InChI=1S/C20H25N5O2/c1-12-13(2)21-16-8-7-14(10-15(12)16)20(26)25-9-5-4-6-17(25)19-22-18(11-27-3)23-24-19/h7-8,10,17,21H,4-6,9,11H2,1-3H3,(H,22,23,24). The highest BCUT2D eigenvalue weighted by Crippen LogP contribution is 2.31. The van der Waals surface area contributed by atoms with E-state index in [9.17, 15) is 4.79 Å². The van der Waals surface area contributed by atoms with Crippen molar-refractivity contribution < 1.29 is 9.53 Å². The molecule has 0 aliphatic carbocycles. The number of nitrogens with one attached hydrogen (secondary N) is 2. The van der Waals surface area contributed by atoms with Gasteiger partial charge in [0.1, 0.15) is 6.61 Å². The number of hydrogen-bond donors (Lipinski definition) is 2. The van der Waals surface area contributed by atoms with Gasteiger partial charge in [-0.1, -0.05) is 0 Å². The van der Waals surface area contributed by atoms with Crippen molar-refractivity contribution in [2.75, 3.05) is 13.7 Å². The second-order valence-electron chi connectivity index (χ2n) is 7.22. The van der Waals surface area contributed by atoms with Crippen molar-refractivity contribution in [3.63, 3.8) is 0 Å². The fourth-order valence-electron chi connectivity index (χ4n) is 3.86. The minimum absolute atomic E-state index is 0.0398. The lowest BCUT2D eigenvalue weighted by Gasteiger charge is -2.34. The van der Waals surface area contributed by atoms with Crippen LogP contribution in [-0.2, 0) is 11.3 Å². The first-order chi connectivity index (χ1) is 13.1. The zero-order valence-corrected chi connectivity index (χ0v) is 16.0. The third-order valence-corrected chi connectivity index (χ3v) is 5.45. The van der Waals surface area contributed by atoms with E-state index in [2.05, 4.69) is 34.0 Å². The summed E-state index contributed by atoms with van der Waals surface area (Å²) in [4.78, 5) is 23.1. The Hall–Kier alpha value is -2.67. The van der Waals surface area contributed by atoms with Crippen molar-refractivity contribution in [3.8, 4) is 0 Å². The summed E-state index contributed by atoms with van der Waals surface area (Å²) in [5, 5.41) is 8.35. The first-order valence-electron chi connectivity index (χ1n) is 9.38. The van der Waals surface area contributed by atoms with E-state index >= 15 is 0 Å². The lowest BCUT2D eigenvalue weighted by atomic mass is 9.99. The first-order valence-corrected chi connectivity index (χ1v) is 9.38. The fourth-order valence-corrected chi connectivity index (χ4v) is 3.86. The SMILES string of the molecule is COCc1nc(C2CCCCN2C(=O)c2ccc3[nH]c(C)c(C)c3c2)n[nH]1. The molecule has 3 aromatic rings. The number of ether oxygens (including phenoxy) is 1. The number of H-pyrrole nitrogens is 2. The van der Waals surface area contributed by atoms with Crippen LogP contribution in [0.2, 0.25) is 0 Å². The number of aryl methyl sites for hydroxylation is 2. The van der Waals surface area contributed by atoms with Gasteiger partial charge in [0.25, 0.3) is 5.91 Å². The third-order valence-electron chi connectivity index (χ3n) is 5.45. The van der Waals surface area contributed by atoms with Crippen LogP contribution in [0.3, 0.4) is 0 Å². The van der Waals surface area contributed by atoms with Crippen molar-refractivity contribution in [1.29, 1.82) is 0 Å². The van der Waals surface area contributed by atoms with E-state index in [1.165, 1.54) is 5.56 Å². The molecule has 27 heavy (non-hydrogen) atoms. The van der Waals surface area contributed by atoms with Crippen LogP contribution >= 0.6 is 0 Å². The van der Waals surface area contributed by atoms with Crippen LogP contribution in [0.15, 0.2) is 18.2 Å². The van der Waals surface area contributed by atoms with Gasteiger partial charge in [-0.15, -0.1) is 0 Å². The van der Waals surface area contributed by atoms with E-state index in [0.29, 0.717) is 23.8 Å². The summed E-state index contributed by atoms with van der Waals surface area (Å²) in [6.45, 7) is 5.24. The molecular weight excluding hydrogens is 342 g/mol. The number of benzene rings is 1. The number of likely N-dealkylation sites (tertiary alicyclic amines) is 1. The number of piperidine rings is 1. The lowest BCUT2D eigenvalue weighted by molar-refractivity contribution is 0.0600. The molecule has 0 radical (unpaired) electrons. The van der Waals surface area contributed by atoms with E-state index in [1.807, 2.05) is 23.1 Å². The van der Waals surface area contributed by atoms with Crippen molar-refractivity contribution in [2.45, 2.75) is 45.8 Å². The molecule has 2 N–H and O–H groups in total. The smallest absolute Gasteiger partial charge is 0.254 e. The van der Waals surface area contributed by atoms with Crippen molar-refractivity contribution in [3.05, 3.63) is 46.7 Å². The lowest BCUT2D eigenvalue weighted by Crippen LogP contribution is -2.39. The van der Waals surface area contributed by atoms with Gasteiger partial charge < -0.3 is 14.6 Å². The highest BCUT2D eigenvalue weighted by molar-refractivity contribution is 5.99. The molecule has 1 aliphatic rings. The van der Waals surface area contributed by atoms with E-state index < -0.39 is 0 Å². The number of fused-ring (bicyclic) bond motifs is 1. The predicted octanol–water partition coefficient (Wildman–Crippen LogP) is 3.42. The quantitative estimate of drug-likeness (QED) is 0.740. The number of nitrogens with zero attached hydrogens (tertiary/aromatic N) is 3. The Labute approximate surface area is 158 Å². The average Bonchev–Trinajstić information content (AvgIpc) is 3.26. The minimum Gasteiger partial charge on any atom is -0.377 e. The largest absolute Gasteiger partial charge is 0.377 e. The Morgan fingerprint density at radius 1 is 1.33 bits per heavy atom. The minimum atomic E-state index is -0.0992. The molecule has 3 heterocycles. The molecule has 142 valence electrons. The van der Waals surface area contributed by atoms with Gasteiger partial charge in [0, 0.05) is 35.8 Å². The second-order valence-corrected chi connectivity index (χ2v) is 7.22. The Bertz CT molecular complexity index is 974. The summed E-state index contributed by atoms with van der Waals surface area (Å²) >= 11 is 0. The van der Waals surface area contributed by atoms with Gasteiger partial charge in [-0.2, -0.15) is 5.10 Å². The summed E-state index contributed by atoms with van der Waals surface area (Å²) in [5.74, 6) is 1.40. The molecule has 0 saturated carbocycles. The number of methoxy groups -OCH3 is 1. The van der Waals surface area contributed by atoms with E-state index in [-0.39, 0.29) is 11.9 Å². The molecule has 0 spiro atoms. The summed E-state index contributed by atoms with van der Waals surface area (Å²) in [7, 11) is 1.62. The van der Waals surface area contributed by atoms with Crippen LogP contribution in [-0.4, -0.2) is 44.6 Å². The Morgan fingerprint density at radius 3 is 3.00 bits per heavy atom. The number of hydrogen-bond acceptors (Lipinski definition) is 4. The first kappa shape index (κ1) is 17.7. The molecule has 1 saturated heterocycles. The second kappa shape index (κ2) is 7.15. The molecule has 1 amide bonds. The number of amides is 1. The highest BCUT2D eigenvalue weighted by Gasteiger charge is 2.31. The molecule has 7 heteroatoms. The Balaban J connectivity index is 1.64. The van der Waals surface area contributed by atoms with Gasteiger partial charge in [0.05, 0.1) is 6.04 Å². The van der Waals surface area contributed by atoms with E-state index in [0.717, 1.165) is 42.4 Å². The van der Waals surface area contributed by atoms with Gasteiger partial charge in [0.2, 0.25) is 0 Å². The molecule has 1 aliphatic heterocycles. The zero-order valence-electron chi connectivity index (χ0n) is 16.0. The maximum Gasteiger partial charge on any atom is 0.254 e. The van der Waals surface area contributed by atoms with Crippen molar-refractivity contribution in [2.24, 2.45) is 0 Å². The third kappa shape index (κ3) is 3.23. The molecule has 4 rings (SSSR count). The Morgan fingerprint density at radius 2 is 2.19 bits per heavy atom. The van der Waals surface area contributed by atoms with Crippen molar-refractivity contribution in [1.82, 2.24) is 25.1 Å². The molecule has 1 aromatic carbocycles. The molecule has 1 atom stereocenters. The van der Waals surface area contributed by atoms with Crippen LogP contribution < -0.4 is 0 Å². The van der Waals surface area contributed by atoms with Gasteiger partial charge in [-0.25, -0.2) is 4.98 Å². The van der Waals surface area contributed by atoms with Gasteiger partial charge in [-0.3, -0.25) is 9.89 Å². The van der Waals surface area contributed by atoms with Crippen molar-refractivity contribution >= 4 is 16.8 Å². The average molecular weight is 367 g/mol.